The maximum Gasteiger partial charge on any atom is 0.270 e. The number of aryl methyl sites for hydroxylation is 1. The summed E-state index contributed by atoms with van der Waals surface area (Å²) in [5.41, 5.74) is 3.27. The SMILES string of the molecule is COc1ccccc1CCNC(=O)c1cc(C)nn1-c1ccccc1. The monoisotopic (exact) mass is 335 g/mol. The molecular formula is C20H21N3O2. The standard InChI is InChI=1S/C20H21N3O2/c1-15-14-18(23(22-15)17-9-4-3-5-10-17)20(24)21-13-12-16-8-6-7-11-19(16)25-2/h3-11,14H,12-13H2,1-2H3,(H,21,24). The average Bonchev–Trinajstić information content (AvgIpc) is 3.05. The van der Waals surface area contributed by atoms with Gasteiger partial charge >= 0.3 is 0 Å². The van der Waals surface area contributed by atoms with Crippen molar-refractivity contribution in [1.29, 1.82) is 0 Å². The molecular weight excluding hydrogens is 314 g/mol. The fourth-order valence-electron chi connectivity index (χ4n) is 2.74. The van der Waals surface area contributed by atoms with Gasteiger partial charge in [0.1, 0.15) is 11.4 Å². The molecule has 5 nitrogen and oxygen atoms in total. The number of rotatable bonds is 6. The maximum atomic E-state index is 12.6. The second kappa shape index (κ2) is 7.66. The molecule has 3 rings (SSSR count). The van der Waals surface area contributed by atoms with Crippen molar-refractivity contribution in [3.63, 3.8) is 0 Å². The summed E-state index contributed by atoms with van der Waals surface area (Å²) in [5.74, 6) is 0.696. The van der Waals surface area contributed by atoms with Gasteiger partial charge in [-0.1, -0.05) is 36.4 Å². The van der Waals surface area contributed by atoms with E-state index in [-0.39, 0.29) is 5.91 Å². The molecule has 1 amide bonds. The summed E-state index contributed by atoms with van der Waals surface area (Å²) in [4.78, 5) is 12.6. The zero-order valence-electron chi connectivity index (χ0n) is 14.4. The summed E-state index contributed by atoms with van der Waals surface area (Å²) < 4.78 is 7.02. The fourth-order valence-corrected chi connectivity index (χ4v) is 2.74. The molecule has 0 atom stereocenters. The number of aromatic nitrogens is 2. The molecule has 0 unspecified atom stereocenters. The van der Waals surface area contributed by atoms with Crippen molar-refractivity contribution in [2.75, 3.05) is 13.7 Å². The minimum Gasteiger partial charge on any atom is -0.496 e. The predicted octanol–water partition coefficient (Wildman–Crippen LogP) is 3.16. The van der Waals surface area contributed by atoms with Crippen LogP contribution in [0.1, 0.15) is 21.7 Å². The van der Waals surface area contributed by atoms with Crippen LogP contribution in [0.15, 0.2) is 60.7 Å². The fraction of sp³-hybridized carbons (Fsp3) is 0.200. The third-order valence-electron chi connectivity index (χ3n) is 3.94. The summed E-state index contributed by atoms with van der Waals surface area (Å²) in [5, 5.41) is 7.40. The molecule has 0 saturated heterocycles. The normalized spacial score (nSPS) is 10.5. The molecule has 0 radical (unpaired) electrons. The van der Waals surface area contributed by atoms with Crippen molar-refractivity contribution in [1.82, 2.24) is 15.1 Å². The highest BCUT2D eigenvalue weighted by molar-refractivity contribution is 5.93. The number of hydrogen-bond acceptors (Lipinski definition) is 3. The van der Waals surface area contributed by atoms with E-state index in [0.717, 1.165) is 22.7 Å². The van der Waals surface area contributed by atoms with E-state index in [2.05, 4.69) is 10.4 Å². The molecule has 128 valence electrons. The number of benzene rings is 2. The van der Waals surface area contributed by atoms with E-state index in [9.17, 15) is 4.79 Å². The first-order chi connectivity index (χ1) is 12.2. The van der Waals surface area contributed by atoms with Crippen LogP contribution < -0.4 is 10.1 Å². The maximum absolute atomic E-state index is 12.6. The molecule has 0 aliphatic heterocycles. The van der Waals surface area contributed by atoms with Gasteiger partial charge < -0.3 is 10.1 Å². The van der Waals surface area contributed by atoms with E-state index in [0.29, 0.717) is 18.7 Å². The van der Waals surface area contributed by atoms with Crippen LogP contribution in [0.5, 0.6) is 5.75 Å². The summed E-state index contributed by atoms with van der Waals surface area (Å²) >= 11 is 0. The number of carbonyl (C=O) groups is 1. The topological polar surface area (TPSA) is 56.1 Å². The van der Waals surface area contributed by atoms with Crippen molar-refractivity contribution in [3.8, 4) is 11.4 Å². The van der Waals surface area contributed by atoms with Gasteiger partial charge in [0.15, 0.2) is 0 Å². The number of nitrogens with one attached hydrogen (secondary N) is 1. The average molecular weight is 335 g/mol. The predicted molar refractivity (Wildman–Crippen MR) is 97.3 cm³/mol. The molecule has 0 fully saturated rings. The van der Waals surface area contributed by atoms with Crippen LogP contribution in [-0.2, 0) is 6.42 Å². The molecule has 0 aliphatic carbocycles. The lowest BCUT2D eigenvalue weighted by Gasteiger charge is -2.10. The number of nitrogens with zero attached hydrogens (tertiary/aromatic N) is 2. The van der Waals surface area contributed by atoms with E-state index in [1.165, 1.54) is 0 Å². The Balaban J connectivity index is 1.70. The third kappa shape index (κ3) is 3.88. The van der Waals surface area contributed by atoms with E-state index in [1.54, 1.807) is 17.9 Å². The zero-order chi connectivity index (χ0) is 17.6. The number of para-hydroxylation sites is 2. The minimum absolute atomic E-state index is 0.139. The van der Waals surface area contributed by atoms with Gasteiger partial charge in [0.05, 0.1) is 18.5 Å². The molecule has 1 heterocycles. The number of carbonyl (C=O) groups excluding carboxylic acids is 1. The van der Waals surface area contributed by atoms with Crippen LogP contribution in [0.3, 0.4) is 0 Å². The van der Waals surface area contributed by atoms with Crippen LogP contribution in [0, 0.1) is 6.92 Å². The van der Waals surface area contributed by atoms with Gasteiger partial charge in [-0.25, -0.2) is 4.68 Å². The highest BCUT2D eigenvalue weighted by Gasteiger charge is 2.15. The first kappa shape index (κ1) is 16.8. The lowest BCUT2D eigenvalue weighted by Crippen LogP contribution is -2.28. The van der Waals surface area contributed by atoms with Crippen LogP contribution in [-0.4, -0.2) is 29.3 Å². The van der Waals surface area contributed by atoms with Crippen molar-refractivity contribution in [3.05, 3.63) is 77.6 Å². The number of methoxy groups -OCH3 is 1. The van der Waals surface area contributed by atoms with Crippen molar-refractivity contribution in [2.24, 2.45) is 0 Å². The van der Waals surface area contributed by atoms with E-state index in [1.807, 2.05) is 61.5 Å². The van der Waals surface area contributed by atoms with Gasteiger partial charge in [-0.05, 0) is 43.2 Å². The summed E-state index contributed by atoms with van der Waals surface area (Å²) in [6, 6.07) is 19.3. The van der Waals surface area contributed by atoms with Gasteiger partial charge in [0.25, 0.3) is 5.91 Å². The number of amides is 1. The van der Waals surface area contributed by atoms with Crippen molar-refractivity contribution >= 4 is 5.91 Å². The molecule has 25 heavy (non-hydrogen) atoms. The lowest BCUT2D eigenvalue weighted by atomic mass is 10.1. The van der Waals surface area contributed by atoms with Gasteiger partial charge in [0, 0.05) is 6.54 Å². The highest BCUT2D eigenvalue weighted by Crippen LogP contribution is 2.17. The molecule has 5 heteroatoms. The molecule has 0 aliphatic rings. The Morgan fingerprint density at radius 3 is 2.60 bits per heavy atom. The van der Waals surface area contributed by atoms with Crippen molar-refractivity contribution in [2.45, 2.75) is 13.3 Å². The zero-order valence-corrected chi connectivity index (χ0v) is 14.4. The van der Waals surface area contributed by atoms with Crippen LogP contribution >= 0.6 is 0 Å². The van der Waals surface area contributed by atoms with Crippen LogP contribution in [0.25, 0.3) is 5.69 Å². The Kier molecular flexibility index (Phi) is 5.14. The second-order valence-corrected chi connectivity index (χ2v) is 5.74. The Morgan fingerprint density at radius 1 is 1.12 bits per heavy atom. The first-order valence-electron chi connectivity index (χ1n) is 8.21. The Hall–Kier alpha value is -3.08. The van der Waals surface area contributed by atoms with Gasteiger partial charge in [-0.15, -0.1) is 0 Å². The quantitative estimate of drug-likeness (QED) is 0.753. The smallest absolute Gasteiger partial charge is 0.270 e. The molecule has 3 aromatic rings. The lowest BCUT2D eigenvalue weighted by molar-refractivity contribution is 0.0946. The van der Waals surface area contributed by atoms with Crippen LogP contribution in [0.2, 0.25) is 0 Å². The largest absolute Gasteiger partial charge is 0.496 e. The second-order valence-electron chi connectivity index (χ2n) is 5.74. The summed E-state index contributed by atoms with van der Waals surface area (Å²) in [6.07, 6.45) is 0.703. The van der Waals surface area contributed by atoms with Gasteiger partial charge in [-0.3, -0.25) is 4.79 Å². The molecule has 0 bridgehead atoms. The van der Waals surface area contributed by atoms with E-state index >= 15 is 0 Å². The minimum atomic E-state index is -0.139. The number of ether oxygens (including phenoxy) is 1. The van der Waals surface area contributed by atoms with Crippen molar-refractivity contribution < 1.29 is 9.53 Å². The van der Waals surface area contributed by atoms with Crippen LogP contribution in [0.4, 0.5) is 0 Å². The number of hydrogen-bond donors (Lipinski definition) is 1. The Labute approximate surface area is 147 Å². The first-order valence-corrected chi connectivity index (χ1v) is 8.21. The van der Waals surface area contributed by atoms with Gasteiger partial charge in [-0.2, -0.15) is 5.10 Å². The Morgan fingerprint density at radius 2 is 1.84 bits per heavy atom. The molecule has 2 aromatic carbocycles. The third-order valence-corrected chi connectivity index (χ3v) is 3.94. The molecule has 1 aromatic heterocycles. The van der Waals surface area contributed by atoms with E-state index in [4.69, 9.17) is 4.74 Å². The molecule has 1 N–H and O–H groups in total. The van der Waals surface area contributed by atoms with E-state index < -0.39 is 0 Å². The highest BCUT2D eigenvalue weighted by atomic mass is 16.5. The Bertz CT molecular complexity index is 856. The van der Waals surface area contributed by atoms with Gasteiger partial charge in [0.2, 0.25) is 0 Å². The summed E-state index contributed by atoms with van der Waals surface area (Å²) in [6.45, 7) is 2.41. The molecule has 0 saturated carbocycles. The molecule has 0 spiro atoms. The summed E-state index contributed by atoms with van der Waals surface area (Å²) in [7, 11) is 1.65.